The number of carbonyl (C=O) groups excluding carboxylic acids is 1. The first-order chi connectivity index (χ1) is 7.45. The van der Waals surface area contributed by atoms with E-state index in [-0.39, 0.29) is 11.6 Å². The molecule has 4 heteroatoms. The summed E-state index contributed by atoms with van der Waals surface area (Å²) in [7, 11) is 1.64. The van der Waals surface area contributed by atoms with Gasteiger partial charge in [-0.15, -0.1) is 0 Å². The number of rotatable bonds is 8. The first-order valence-electron chi connectivity index (χ1n) is 5.74. The van der Waals surface area contributed by atoms with Gasteiger partial charge in [-0.1, -0.05) is 0 Å². The Morgan fingerprint density at radius 2 is 1.75 bits per heavy atom. The van der Waals surface area contributed by atoms with E-state index in [4.69, 9.17) is 14.2 Å². The van der Waals surface area contributed by atoms with Crippen LogP contribution in [0.25, 0.3) is 0 Å². The van der Waals surface area contributed by atoms with Crippen LogP contribution < -0.4 is 0 Å². The third-order valence-corrected chi connectivity index (χ3v) is 1.77. The highest BCUT2D eigenvalue weighted by molar-refractivity contribution is 5.69. The summed E-state index contributed by atoms with van der Waals surface area (Å²) in [4.78, 5) is 11.3. The van der Waals surface area contributed by atoms with E-state index in [1.54, 1.807) is 7.11 Å². The summed E-state index contributed by atoms with van der Waals surface area (Å²) < 4.78 is 15.3. The molecule has 0 aliphatic rings. The van der Waals surface area contributed by atoms with Gasteiger partial charge in [0.15, 0.2) is 0 Å². The Morgan fingerprint density at radius 1 is 1.06 bits per heavy atom. The van der Waals surface area contributed by atoms with Gasteiger partial charge in [-0.05, 0) is 33.6 Å². The predicted octanol–water partition coefficient (Wildman–Crippen LogP) is 2.16. The molecule has 0 saturated carbocycles. The minimum absolute atomic E-state index is 0.135. The second kappa shape index (κ2) is 8.53. The number of unbranched alkanes of at least 4 members (excludes halogenated alkanes) is 1. The maximum atomic E-state index is 11.3. The summed E-state index contributed by atoms with van der Waals surface area (Å²) in [5.41, 5.74) is -0.383. The lowest BCUT2D eigenvalue weighted by Crippen LogP contribution is -2.23. The summed E-state index contributed by atoms with van der Waals surface area (Å²) in [6, 6.07) is 0. The Bertz CT molecular complexity index is 184. The zero-order valence-electron chi connectivity index (χ0n) is 10.9. The van der Waals surface area contributed by atoms with Crippen LogP contribution >= 0.6 is 0 Å². The third-order valence-electron chi connectivity index (χ3n) is 1.77. The van der Waals surface area contributed by atoms with E-state index in [0.717, 1.165) is 12.8 Å². The monoisotopic (exact) mass is 232 g/mol. The van der Waals surface area contributed by atoms with Gasteiger partial charge in [0.1, 0.15) is 5.60 Å². The van der Waals surface area contributed by atoms with E-state index in [2.05, 4.69) is 0 Å². The molecule has 0 heterocycles. The fourth-order valence-corrected chi connectivity index (χ4v) is 1.11. The second-order valence-electron chi connectivity index (χ2n) is 4.65. The summed E-state index contributed by atoms with van der Waals surface area (Å²) in [5.74, 6) is -0.135. The Hall–Kier alpha value is -0.610. The van der Waals surface area contributed by atoms with Crippen molar-refractivity contribution in [3.63, 3.8) is 0 Å². The molecule has 0 unspecified atom stereocenters. The highest BCUT2D eigenvalue weighted by Crippen LogP contribution is 2.09. The molecule has 16 heavy (non-hydrogen) atoms. The van der Waals surface area contributed by atoms with Crippen molar-refractivity contribution in [3.8, 4) is 0 Å². The highest BCUT2D eigenvalue weighted by atomic mass is 16.6. The van der Waals surface area contributed by atoms with Crippen LogP contribution in [-0.2, 0) is 19.0 Å². The van der Waals surface area contributed by atoms with Gasteiger partial charge < -0.3 is 14.2 Å². The van der Waals surface area contributed by atoms with Gasteiger partial charge in [0.05, 0.1) is 13.2 Å². The first kappa shape index (κ1) is 15.4. The summed E-state index contributed by atoms with van der Waals surface area (Å²) in [5, 5.41) is 0. The topological polar surface area (TPSA) is 44.8 Å². The first-order valence-corrected chi connectivity index (χ1v) is 5.74. The lowest BCUT2D eigenvalue weighted by atomic mass is 10.2. The molecular formula is C12H24O4. The molecule has 0 atom stereocenters. The summed E-state index contributed by atoms with van der Waals surface area (Å²) >= 11 is 0. The molecule has 0 radical (unpaired) electrons. The normalized spacial score (nSPS) is 11.5. The molecule has 0 aromatic heterocycles. The molecule has 0 bridgehead atoms. The maximum Gasteiger partial charge on any atom is 0.306 e. The largest absolute Gasteiger partial charge is 0.460 e. The Balaban J connectivity index is 3.28. The molecular weight excluding hydrogens is 208 g/mol. The number of ether oxygens (including phenoxy) is 3. The molecule has 0 rings (SSSR count). The van der Waals surface area contributed by atoms with Gasteiger partial charge in [0, 0.05) is 20.1 Å². The van der Waals surface area contributed by atoms with E-state index in [9.17, 15) is 4.79 Å². The maximum absolute atomic E-state index is 11.3. The average molecular weight is 232 g/mol. The van der Waals surface area contributed by atoms with Crippen molar-refractivity contribution in [1.82, 2.24) is 0 Å². The second-order valence-corrected chi connectivity index (χ2v) is 4.65. The molecule has 0 spiro atoms. The minimum atomic E-state index is -0.383. The molecule has 0 amide bonds. The zero-order valence-corrected chi connectivity index (χ0v) is 10.9. The molecule has 0 aromatic rings. The van der Waals surface area contributed by atoms with Crippen molar-refractivity contribution in [1.29, 1.82) is 0 Å². The molecule has 0 fully saturated rings. The quantitative estimate of drug-likeness (QED) is 0.475. The van der Waals surface area contributed by atoms with Crippen LogP contribution in [0.5, 0.6) is 0 Å². The fourth-order valence-electron chi connectivity index (χ4n) is 1.11. The molecule has 4 nitrogen and oxygen atoms in total. The van der Waals surface area contributed by atoms with Crippen molar-refractivity contribution in [2.75, 3.05) is 26.9 Å². The molecule has 0 aromatic carbocycles. The lowest BCUT2D eigenvalue weighted by Gasteiger charge is -2.19. The van der Waals surface area contributed by atoms with Crippen LogP contribution in [-0.4, -0.2) is 38.5 Å². The molecule has 0 N–H and O–H groups in total. The van der Waals surface area contributed by atoms with Crippen LogP contribution in [0.3, 0.4) is 0 Å². The van der Waals surface area contributed by atoms with Gasteiger partial charge in [0.2, 0.25) is 0 Å². The van der Waals surface area contributed by atoms with Gasteiger partial charge in [-0.2, -0.15) is 0 Å². The number of hydrogen-bond donors (Lipinski definition) is 0. The third kappa shape index (κ3) is 11.5. The SMILES string of the molecule is COCCOCCCCC(=O)OC(C)(C)C. The summed E-state index contributed by atoms with van der Waals surface area (Å²) in [6.07, 6.45) is 2.15. The molecule has 0 aliphatic heterocycles. The Morgan fingerprint density at radius 3 is 2.31 bits per heavy atom. The van der Waals surface area contributed by atoms with E-state index in [1.807, 2.05) is 20.8 Å². The van der Waals surface area contributed by atoms with Crippen LogP contribution in [0, 0.1) is 0 Å². The predicted molar refractivity (Wildman–Crippen MR) is 62.4 cm³/mol. The smallest absolute Gasteiger partial charge is 0.306 e. The van der Waals surface area contributed by atoms with Crippen molar-refractivity contribution >= 4 is 5.97 Å². The van der Waals surface area contributed by atoms with E-state index in [1.165, 1.54) is 0 Å². The van der Waals surface area contributed by atoms with Gasteiger partial charge in [0.25, 0.3) is 0 Å². The van der Waals surface area contributed by atoms with Gasteiger partial charge in [-0.3, -0.25) is 4.79 Å². The zero-order chi connectivity index (χ0) is 12.4. The standard InChI is InChI=1S/C12H24O4/c1-12(2,3)16-11(13)7-5-6-8-15-10-9-14-4/h5-10H2,1-4H3. The number of carbonyl (C=O) groups is 1. The number of hydrogen-bond acceptors (Lipinski definition) is 4. The van der Waals surface area contributed by atoms with Crippen molar-refractivity contribution < 1.29 is 19.0 Å². The van der Waals surface area contributed by atoms with Crippen LogP contribution in [0.15, 0.2) is 0 Å². The molecule has 96 valence electrons. The average Bonchev–Trinajstić information content (AvgIpc) is 2.13. The highest BCUT2D eigenvalue weighted by Gasteiger charge is 2.15. The molecule has 0 aliphatic carbocycles. The lowest BCUT2D eigenvalue weighted by molar-refractivity contribution is -0.154. The van der Waals surface area contributed by atoms with Crippen molar-refractivity contribution in [2.45, 2.75) is 45.6 Å². The fraction of sp³-hybridized carbons (Fsp3) is 0.917. The van der Waals surface area contributed by atoms with Crippen molar-refractivity contribution in [2.24, 2.45) is 0 Å². The van der Waals surface area contributed by atoms with E-state index in [0.29, 0.717) is 26.2 Å². The number of methoxy groups -OCH3 is 1. The Kier molecular flexibility index (Phi) is 8.21. The van der Waals surface area contributed by atoms with Gasteiger partial charge in [-0.25, -0.2) is 0 Å². The molecule has 0 saturated heterocycles. The summed E-state index contributed by atoms with van der Waals surface area (Å²) in [6.45, 7) is 7.53. The van der Waals surface area contributed by atoms with Crippen LogP contribution in [0.4, 0.5) is 0 Å². The Labute approximate surface area is 98.3 Å². The van der Waals surface area contributed by atoms with Crippen LogP contribution in [0.2, 0.25) is 0 Å². The number of esters is 1. The van der Waals surface area contributed by atoms with E-state index >= 15 is 0 Å². The van der Waals surface area contributed by atoms with Crippen LogP contribution in [0.1, 0.15) is 40.0 Å². The van der Waals surface area contributed by atoms with E-state index < -0.39 is 0 Å². The van der Waals surface area contributed by atoms with Crippen molar-refractivity contribution in [3.05, 3.63) is 0 Å². The van der Waals surface area contributed by atoms with Gasteiger partial charge >= 0.3 is 5.97 Å². The minimum Gasteiger partial charge on any atom is -0.460 e.